The summed E-state index contributed by atoms with van der Waals surface area (Å²) in [6, 6.07) is 0. The highest BCUT2D eigenvalue weighted by Gasteiger charge is 2.75. The zero-order valence-corrected chi connectivity index (χ0v) is 32.8. The van der Waals surface area contributed by atoms with Gasteiger partial charge >= 0.3 is 35.8 Å². The number of hydrogen-bond donors (Lipinski definition) is 1. The molecular weight excluding hydrogens is 696 g/mol. The van der Waals surface area contributed by atoms with Crippen LogP contribution in [0.5, 0.6) is 0 Å². The summed E-state index contributed by atoms with van der Waals surface area (Å²) < 4.78 is 42.8. The third-order valence-corrected chi connectivity index (χ3v) is 10.4. The summed E-state index contributed by atoms with van der Waals surface area (Å²) in [6.45, 7) is 17.2. The fourth-order valence-corrected chi connectivity index (χ4v) is 7.91. The van der Waals surface area contributed by atoms with Crippen molar-refractivity contribution in [3.05, 3.63) is 12.2 Å². The average Bonchev–Trinajstić information content (AvgIpc) is 3.24. The Morgan fingerprint density at radius 2 is 1.47 bits per heavy atom. The lowest BCUT2D eigenvalue weighted by molar-refractivity contribution is -0.287. The molecule has 1 unspecified atom stereocenters. The van der Waals surface area contributed by atoms with Crippen molar-refractivity contribution in [3.8, 4) is 0 Å². The summed E-state index contributed by atoms with van der Waals surface area (Å²) in [5, 5.41) is 12.4. The third-order valence-electron chi connectivity index (χ3n) is 10.4. The van der Waals surface area contributed by atoms with Gasteiger partial charge in [-0.1, -0.05) is 53.7 Å². The van der Waals surface area contributed by atoms with Crippen LogP contribution in [0.25, 0.3) is 0 Å². The van der Waals surface area contributed by atoms with E-state index in [-0.39, 0.29) is 12.8 Å². The first kappa shape index (κ1) is 43.6. The van der Waals surface area contributed by atoms with Crippen molar-refractivity contribution in [1.82, 2.24) is 0 Å². The number of fused-ring (bicyclic) bond motifs is 3. The molecule has 15 nitrogen and oxygen atoms in total. The molecule has 2 fully saturated rings. The second-order valence-corrected chi connectivity index (χ2v) is 15.7. The molecular formula is C38H56O15. The lowest BCUT2D eigenvalue weighted by atomic mass is 9.66. The number of Topliss-reactive ketones (excluding diaryl/α,β-unsaturated/α-hetero) is 1. The lowest BCUT2D eigenvalue weighted by Gasteiger charge is -2.54. The van der Waals surface area contributed by atoms with Crippen LogP contribution in [0.4, 0.5) is 0 Å². The minimum absolute atomic E-state index is 0.300. The molecule has 3 rings (SSSR count). The van der Waals surface area contributed by atoms with E-state index in [0.717, 1.165) is 27.7 Å². The van der Waals surface area contributed by atoms with E-state index in [0.29, 0.717) is 6.42 Å². The molecule has 0 aromatic heterocycles. The van der Waals surface area contributed by atoms with Crippen LogP contribution in [-0.2, 0) is 66.7 Å². The predicted molar refractivity (Wildman–Crippen MR) is 184 cm³/mol. The molecule has 298 valence electrons. The number of carbonyl (C=O) groups excluding carboxylic acids is 7. The van der Waals surface area contributed by atoms with Gasteiger partial charge in [0.2, 0.25) is 0 Å². The molecule has 0 bridgehead atoms. The smallest absolute Gasteiger partial charge is 0.308 e. The summed E-state index contributed by atoms with van der Waals surface area (Å²) in [4.78, 5) is 93.7. The monoisotopic (exact) mass is 752 g/mol. The van der Waals surface area contributed by atoms with Gasteiger partial charge in [0.25, 0.3) is 0 Å². The van der Waals surface area contributed by atoms with Gasteiger partial charge in [-0.05, 0) is 26.7 Å². The van der Waals surface area contributed by atoms with E-state index < -0.39 is 125 Å². The van der Waals surface area contributed by atoms with Crippen LogP contribution in [0, 0.1) is 23.2 Å². The largest absolute Gasteiger partial charge is 0.459 e. The average molecular weight is 753 g/mol. The van der Waals surface area contributed by atoms with Crippen LogP contribution < -0.4 is 0 Å². The van der Waals surface area contributed by atoms with E-state index in [1.165, 1.54) is 19.9 Å². The maximum Gasteiger partial charge on any atom is 0.308 e. The van der Waals surface area contributed by atoms with E-state index >= 15 is 0 Å². The number of esters is 6. The number of aliphatic hydroxyl groups excluding tert-OH is 1. The quantitative estimate of drug-likeness (QED) is 0.203. The highest BCUT2D eigenvalue weighted by atomic mass is 16.6. The number of rotatable bonds is 9. The summed E-state index contributed by atoms with van der Waals surface area (Å²) in [5.41, 5.74) is -7.63. The summed E-state index contributed by atoms with van der Waals surface area (Å²) in [5.74, 6) is -9.32. The fourth-order valence-electron chi connectivity index (χ4n) is 7.91. The molecule has 1 heterocycles. The van der Waals surface area contributed by atoms with Crippen LogP contribution >= 0.6 is 0 Å². The van der Waals surface area contributed by atoms with Gasteiger partial charge in [-0.3, -0.25) is 33.6 Å². The van der Waals surface area contributed by atoms with Crippen LogP contribution in [0.15, 0.2) is 12.2 Å². The topological polar surface area (TPSA) is 204 Å². The van der Waals surface area contributed by atoms with Crippen molar-refractivity contribution in [2.75, 3.05) is 0 Å². The minimum Gasteiger partial charge on any atom is -0.459 e. The van der Waals surface area contributed by atoms with E-state index in [9.17, 15) is 38.7 Å². The zero-order chi connectivity index (χ0) is 40.4. The lowest BCUT2D eigenvalue weighted by Crippen LogP contribution is -2.72. The SMILES string of the molecule is CCC(C)O[C@@]12CCC(=O)O[C@@H]1[C@H]1[C@@H](O)[C@](C)(OC(C)=O)C[C@]1(OC(C)=O)C(=O)[C@@H](C)/C=C/C(C)(C)[C@H](OC(C)=O)[C@H](OC(C)=O)[C@H]2OC(=O)C(C)C. The van der Waals surface area contributed by atoms with Gasteiger partial charge in [0, 0.05) is 51.9 Å². The number of allylic oxidation sites excluding steroid dienone is 1. The molecule has 1 aliphatic heterocycles. The Balaban J connectivity index is 2.69. The zero-order valence-electron chi connectivity index (χ0n) is 32.8. The predicted octanol–water partition coefficient (Wildman–Crippen LogP) is 3.48. The normalized spacial score (nSPS) is 36.6. The summed E-state index contributed by atoms with van der Waals surface area (Å²) >= 11 is 0. The maximum absolute atomic E-state index is 15.0. The van der Waals surface area contributed by atoms with Crippen LogP contribution in [0.1, 0.15) is 109 Å². The van der Waals surface area contributed by atoms with Crippen molar-refractivity contribution in [2.24, 2.45) is 23.2 Å². The first-order valence-electron chi connectivity index (χ1n) is 18.1. The Labute approximate surface area is 310 Å². The number of ketones is 1. The molecule has 1 saturated heterocycles. The van der Waals surface area contributed by atoms with Crippen LogP contribution in [0.3, 0.4) is 0 Å². The molecule has 11 atom stereocenters. The summed E-state index contributed by atoms with van der Waals surface area (Å²) in [7, 11) is 0. The van der Waals surface area contributed by atoms with Crippen molar-refractivity contribution in [3.63, 3.8) is 0 Å². The molecule has 1 N–H and O–H groups in total. The second-order valence-electron chi connectivity index (χ2n) is 15.7. The Morgan fingerprint density at radius 1 is 0.887 bits per heavy atom. The number of aliphatic hydroxyl groups is 1. The highest BCUT2D eigenvalue weighted by molar-refractivity contribution is 5.94. The van der Waals surface area contributed by atoms with E-state index in [4.69, 9.17) is 33.2 Å². The van der Waals surface area contributed by atoms with Crippen molar-refractivity contribution >= 4 is 41.6 Å². The van der Waals surface area contributed by atoms with Gasteiger partial charge in [0.05, 0.1) is 17.9 Å². The Bertz CT molecular complexity index is 1480. The number of carbonyl (C=O) groups is 7. The molecule has 0 spiro atoms. The van der Waals surface area contributed by atoms with Gasteiger partial charge < -0.3 is 38.3 Å². The van der Waals surface area contributed by atoms with E-state index in [1.54, 1.807) is 47.6 Å². The second kappa shape index (κ2) is 16.3. The molecule has 0 radical (unpaired) electrons. The molecule has 2 aliphatic carbocycles. The molecule has 53 heavy (non-hydrogen) atoms. The summed E-state index contributed by atoms with van der Waals surface area (Å²) in [6.07, 6.45) is -7.05. The van der Waals surface area contributed by atoms with Crippen molar-refractivity contribution < 1.29 is 71.8 Å². The van der Waals surface area contributed by atoms with Crippen LogP contribution in [0.2, 0.25) is 0 Å². The molecule has 0 aromatic rings. The van der Waals surface area contributed by atoms with E-state index in [2.05, 4.69) is 0 Å². The van der Waals surface area contributed by atoms with Gasteiger partial charge in [-0.15, -0.1) is 0 Å². The number of ether oxygens (including phenoxy) is 7. The van der Waals surface area contributed by atoms with Crippen molar-refractivity contribution in [1.29, 1.82) is 0 Å². The molecule has 0 aromatic carbocycles. The first-order chi connectivity index (χ1) is 24.4. The van der Waals surface area contributed by atoms with Gasteiger partial charge in [0.1, 0.15) is 23.4 Å². The van der Waals surface area contributed by atoms with Gasteiger partial charge in [-0.25, -0.2) is 0 Å². The number of hydrogen-bond acceptors (Lipinski definition) is 15. The molecule has 3 aliphatic rings. The highest BCUT2D eigenvalue weighted by Crippen LogP contribution is 2.56. The maximum atomic E-state index is 15.0. The Morgan fingerprint density at radius 3 is 1.98 bits per heavy atom. The standard InChI is InChI=1S/C38H56O15/c1-13-21(5)51-37-17-15-26(43)49-31(37)27-30(45)36(12,52-24(8)41)18-38(27,53-25(9)42)29(44)20(4)14-16-35(10,11)32(48-23(7)40)28(47-22(6)39)33(37)50-34(46)19(2)3/h14,16,19-21,27-28,30-33,45H,13,15,17-18H2,1-12H3/b16-14+/t20-,21?,27+,28-,30+,31+,32+,33+,36+,37-,38+/m0/s1. The first-order valence-corrected chi connectivity index (χ1v) is 18.1. The van der Waals surface area contributed by atoms with Crippen LogP contribution in [-0.4, -0.2) is 100 Å². The molecule has 15 heteroatoms. The Kier molecular flexibility index (Phi) is 13.4. The molecule has 1 saturated carbocycles. The fraction of sp³-hybridized carbons (Fsp3) is 0.763. The van der Waals surface area contributed by atoms with Gasteiger partial charge in [-0.2, -0.15) is 0 Å². The van der Waals surface area contributed by atoms with E-state index in [1.807, 2.05) is 0 Å². The Hall–Kier alpha value is -3.85. The van der Waals surface area contributed by atoms with Crippen molar-refractivity contribution in [2.45, 2.75) is 162 Å². The molecule has 0 amide bonds. The third kappa shape index (κ3) is 8.93. The minimum atomic E-state index is -2.34. The van der Waals surface area contributed by atoms with Gasteiger partial charge in [0.15, 0.2) is 29.7 Å².